The summed E-state index contributed by atoms with van der Waals surface area (Å²) in [5.74, 6) is -0.565. The molecule has 1 unspecified atom stereocenters. The van der Waals surface area contributed by atoms with Crippen LogP contribution < -0.4 is 4.90 Å². The highest BCUT2D eigenvalue weighted by atomic mass is 35.5. The monoisotopic (exact) mass is 488 g/mol. The van der Waals surface area contributed by atoms with Crippen LogP contribution in [0, 0.1) is 5.41 Å². The van der Waals surface area contributed by atoms with Crippen LogP contribution in [-0.2, 0) is 4.79 Å². The third-order valence-corrected chi connectivity index (χ3v) is 6.95. The summed E-state index contributed by atoms with van der Waals surface area (Å²) in [5, 5.41) is 21.9. The van der Waals surface area contributed by atoms with E-state index in [0.717, 1.165) is 5.70 Å². The molecule has 2 N–H and O–H groups in total. The molecule has 0 amide bonds. The van der Waals surface area contributed by atoms with Gasteiger partial charge in [-0.2, -0.15) is 0 Å². The number of benzene rings is 3. The Morgan fingerprint density at radius 1 is 0.912 bits per heavy atom. The van der Waals surface area contributed by atoms with Gasteiger partial charge in [0.2, 0.25) is 0 Å². The van der Waals surface area contributed by atoms with Gasteiger partial charge in [-0.25, -0.2) is 0 Å². The average Bonchev–Trinajstić information content (AvgIpc) is 2.85. The first-order valence-corrected chi connectivity index (χ1v) is 11.9. The third kappa shape index (κ3) is 3.83. The number of ketones is 1. The number of Topliss-reactive ketones (excluding diaryl/α,β-unsaturated/α-hetero) is 1. The number of hydrogen-bond donors (Lipinski definition) is 2. The Morgan fingerprint density at radius 2 is 1.59 bits per heavy atom. The second kappa shape index (κ2) is 9.13. The molecule has 0 bridgehead atoms. The molecule has 4 nitrogen and oxygen atoms in total. The summed E-state index contributed by atoms with van der Waals surface area (Å²) in [6.07, 6.45) is 1.77. The van der Waals surface area contributed by atoms with E-state index < -0.39 is 5.92 Å². The predicted molar refractivity (Wildman–Crippen MR) is 138 cm³/mol. The summed E-state index contributed by atoms with van der Waals surface area (Å²) in [6.45, 7) is 0. The fraction of sp³-hybridized carbons (Fsp3) is 0.143. The normalized spacial score (nSPS) is 19.8. The Labute approximate surface area is 208 Å². The number of nitrogens with zero attached hydrogens (tertiary/aromatic N) is 1. The summed E-state index contributed by atoms with van der Waals surface area (Å²) < 4.78 is 0. The Bertz CT molecular complexity index is 1340. The van der Waals surface area contributed by atoms with Crippen molar-refractivity contribution in [3.63, 3.8) is 0 Å². The molecule has 0 aromatic heterocycles. The van der Waals surface area contributed by atoms with Crippen LogP contribution in [0.25, 0.3) is 5.76 Å². The van der Waals surface area contributed by atoms with Crippen molar-refractivity contribution >= 4 is 46.3 Å². The largest absolute Gasteiger partial charge is 0.507 e. The van der Waals surface area contributed by atoms with E-state index in [2.05, 4.69) is 0 Å². The summed E-state index contributed by atoms with van der Waals surface area (Å²) in [5.41, 5.74) is 3.70. The van der Waals surface area contributed by atoms with Crippen molar-refractivity contribution in [1.29, 1.82) is 5.41 Å². The number of nitrogens with one attached hydrogen (secondary N) is 1. The quantitative estimate of drug-likeness (QED) is 0.374. The standard InChI is InChI=1S/C28H22Cl2N2O2/c29-18-13-15-19(16-14-18)32-22-11-6-12-23(33)25(22)24(20-9-4-5-10-21(20)30)26(28(32)31)27(34)17-7-2-1-3-8-17/h1-5,7-10,13-16,24,31,34H,6,11-12H2/b27-26-,31-28?. The highest BCUT2D eigenvalue weighted by Crippen LogP contribution is 2.49. The van der Waals surface area contributed by atoms with Gasteiger partial charge in [-0.15, -0.1) is 0 Å². The fourth-order valence-corrected chi connectivity index (χ4v) is 5.21. The molecule has 3 aromatic carbocycles. The highest BCUT2D eigenvalue weighted by Gasteiger charge is 2.43. The number of carbonyl (C=O) groups is 1. The zero-order valence-electron chi connectivity index (χ0n) is 18.3. The van der Waals surface area contributed by atoms with E-state index in [4.69, 9.17) is 23.2 Å². The molecule has 0 saturated heterocycles. The molecule has 0 radical (unpaired) electrons. The number of aliphatic hydroxyl groups is 1. The summed E-state index contributed by atoms with van der Waals surface area (Å²) in [6, 6.07) is 23.6. The molecule has 0 spiro atoms. The Balaban J connectivity index is 1.84. The number of amidine groups is 1. The van der Waals surface area contributed by atoms with E-state index in [0.29, 0.717) is 57.3 Å². The maximum absolute atomic E-state index is 13.4. The van der Waals surface area contributed by atoms with Crippen molar-refractivity contribution in [3.8, 4) is 0 Å². The lowest BCUT2D eigenvalue weighted by atomic mass is 9.73. The number of aliphatic hydroxyl groups excluding tert-OH is 1. The van der Waals surface area contributed by atoms with Crippen LogP contribution >= 0.6 is 23.2 Å². The van der Waals surface area contributed by atoms with Gasteiger partial charge in [0.25, 0.3) is 0 Å². The number of allylic oxidation sites excluding steroid dienone is 2. The SMILES string of the molecule is N=C1/C(=C(\O)c2ccccc2)C(c2ccccc2Cl)C2=C(CCCC2=O)N1c1ccc(Cl)cc1. The third-order valence-electron chi connectivity index (χ3n) is 6.36. The second-order valence-electron chi connectivity index (χ2n) is 8.38. The molecule has 5 rings (SSSR count). The first-order valence-electron chi connectivity index (χ1n) is 11.1. The van der Waals surface area contributed by atoms with E-state index in [-0.39, 0.29) is 17.4 Å². The Morgan fingerprint density at radius 3 is 2.29 bits per heavy atom. The van der Waals surface area contributed by atoms with Gasteiger partial charge in [0.05, 0.1) is 0 Å². The van der Waals surface area contributed by atoms with Gasteiger partial charge in [0.15, 0.2) is 5.78 Å². The Hall–Kier alpha value is -3.34. The molecular weight excluding hydrogens is 467 g/mol. The highest BCUT2D eigenvalue weighted by molar-refractivity contribution is 6.32. The van der Waals surface area contributed by atoms with Gasteiger partial charge < -0.3 is 5.11 Å². The second-order valence-corrected chi connectivity index (χ2v) is 9.22. The molecule has 0 saturated carbocycles. The Kier molecular flexibility index (Phi) is 6.03. The topological polar surface area (TPSA) is 64.4 Å². The molecule has 34 heavy (non-hydrogen) atoms. The van der Waals surface area contributed by atoms with Gasteiger partial charge in [0, 0.05) is 50.5 Å². The minimum Gasteiger partial charge on any atom is -0.507 e. The summed E-state index contributed by atoms with van der Waals surface area (Å²) >= 11 is 12.8. The van der Waals surface area contributed by atoms with E-state index in [1.54, 1.807) is 35.2 Å². The maximum Gasteiger partial charge on any atom is 0.161 e. The maximum atomic E-state index is 13.4. The van der Waals surface area contributed by atoms with Crippen LogP contribution in [0.4, 0.5) is 5.69 Å². The average molecular weight is 489 g/mol. The van der Waals surface area contributed by atoms with Crippen LogP contribution in [0.1, 0.15) is 36.3 Å². The molecule has 2 aliphatic rings. The summed E-state index contributed by atoms with van der Waals surface area (Å²) in [7, 11) is 0. The molecule has 170 valence electrons. The first-order chi connectivity index (χ1) is 16.5. The number of hydrogen-bond acceptors (Lipinski definition) is 3. The lowest BCUT2D eigenvalue weighted by Gasteiger charge is -2.42. The molecule has 1 atom stereocenters. The van der Waals surface area contributed by atoms with Crippen LogP contribution in [-0.4, -0.2) is 16.7 Å². The lowest BCUT2D eigenvalue weighted by molar-refractivity contribution is -0.116. The van der Waals surface area contributed by atoms with Crippen molar-refractivity contribution in [3.05, 3.63) is 117 Å². The molecule has 1 heterocycles. The van der Waals surface area contributed by atoms with Crippen LogP contribution in [0.2, 0.25) is 10.0 Å². The fourth-order valence-electron chi connectivity index (χ4n) is 4.84. The lowest BCUT2D eigenvalue weighted by Crippen LogP contribution is -2.42. The van der Waals surface area contributed by atoms with Crippen LogP contribution in [0.3, 0.4) is 0 Å². The van der Waals surface area contributed by atoms with Crippen LogP contribution in [0.15, 0.2) is 95.7 Å². The van der Waals surface area contributed by atoms with Gasteiger partial charge in [-0.05, 0) is 48.7 Å². The number of halogens is 2. The number of carbonyl (C=O) groups excluding carboxylic acids is 1. The van der Waals surface area contributed by atoms with Crippen molar-refractivity contribution in [2.75, 3.05) is 4.90 Å². The predicted octanol–water partition coefficient (Wildman–Crippen LogP) is 7.55. The molecule has 6 heteroatoms. The van der Waals surface area contributed by atoms with E-state index in [9.17, 15) is 15.3 Å². The number of anilines is 1. The number of rotatable bonds is 3. The van der Waals surface area contributed by atoms with E-state index in [1.165, 1.54) is 0 Å². The minimum atomic E-state index is -0.646. The van der Waals surface area contributed by atoms with Gasteiger partial charge in [0.1, 0.15) is 11.6 Å². The zero-order chi connectivity index (χ0) is 23.8. The van der Waals surface area contributed by atoms with Crippen molar-refractivity contribution in [1.82, 2.24) is 0 Å². The molecule has 1 aliphatic carbocycles. The van der Waals surface area contributed by atoms with Crippen molar-refractivity contribution in [2.45, 2.75) is 25.2 Å². The van der Waals surface area contributed by atoms with Crippen molar-refractivity contribution < 1.29 is 9.90 Å². The molecular formula is C28H22Cl2N2O2. The molecule has 3 aromatic rings. The first kappa shape index (κ1) is 22.5. The van der Waals surface area contributed by atoms with Gasteiger partial charge >= 0.3 is 0 Å². The molecule has 1 aliphatic heterocycles. The van der Waals surface area contributed by atoms with Gasteiger partial charge in [-0.3, -0.25) is 15.1 Å². The van der Waals surface area contributed by atoms with E-state index in [1.807, 2.05) is 48.5 Å². The smallest absolute Gasteiger partial charge is 0.161 e. The van der Waals surface area contributed by atoms with E-state index >= 15 is 0 Å². The van der Waals surface area contributed by atoms with Crippen molar-refractivity contribution in [2.24, 2.45) is 0 Å². The zero-order valence-corrected chi connectivity index (χ0v) is 19.8. The summed E-state index contributed by atoms with van der Waals surface area (Å²) in [4.78, 5) is 15.2. The van der Waals surface area contributed by atoms with Gasteiger partial charge in [-0.1, -0.05) is 71.7 Å². The minimum absolute atomic E-state index is 0.0102. The van der Waals surface area contributed by atoms with Crippen LogP contribution in [0.5, 0.6) is 0 Å². The molecule has 0 fully saturated rings.